The van der Waals surface area contributed by atoms with E-state index < -0.39 is 5.97 Å². The Labute approximate surface area is 138 Å². The van der Waals surface area contributed by atoms with Gasteiger partial charge in [-0.3, -0.25) is 4.79 Å². The first-order valence-corrected chi connectivity index (χ1v) is 7.71. The van der Waals surface area contributed by atoms with Crippen molar-refractivity contribution in [3.8, 4) is 11.1 Å². The summed E-state index contributed by atoms with van der Waals surface area (Å²) in [5.41, 5.74) is 5.80. The van der Waals surface area contributed by atoms with Crippen molar-refractivity contribution in [3.05, 3.63) is 52.7 Å². The average Bonchev–Trinajstić information content (AvgIpc) is 2.84. The Morgan fingerprint density at radius 2 is 1.83 bits per heavy atom. The Morgan fingerprint density at radius 3 is 2.46 bits per heavy atom. The molecule has 0 atom stereocenters. The summed E-state index contributed by atoms with van der Waals surface area (Å²) >= 11 is 0. The van der Waals surface area contributed by atoms with Gasteiger partial charge in [0.25, 0.3) is 0 Å². The molecule has 2 heterocycles. The molecule has 0 aliphatic carbocycles. The van der Waals surface area contributed by atoms with Crippen LogP contribution in [0, 0.1) is 26.6 Å². The maximum Gasteiger partial charge on any atom is 0.303 e. The summed E-state index contributed by atoms with van der Waals surface area (Å²) in [5, 5.41) is 13.5. The number of rotatable bonds is 4. The number of nitrogens with zero attached hydrogens (tertiary/aromatic N) is 3. The molecule has 0 aliphatic rings. The third-order valence-electron chi connectivity index (χ3n) is 4.22. The van der Waals surface area contributed by atoms with Crippen molar-refractivity contribution in [1.82, 2.24) is 14.6 Å². The van der Waals surface area contributed by atoms with E-state index in [0.29, 0.717) is 12.1 Å². The molecule has 2 aromatic heterocycles. The largest absolute Gasteiger partial charge is 0.481 e. The van der Waals surface area contributed by atoms with Gasteiger partial charge in [-0.15, -0.1) is 0 Å². The van der Waals surface area contributed by atoms with E-state index in [1.807, 2.05) is 20.8 Å². The van der Waals surface area contributed by atoms with E-state index >= 15 is 0 Å². The second-order valence-electron chi connectivity index (χ2n) is 5.86. The van der Waals surface area contributed by atoms with Crippen LogP contribution in [0.1, 0.15) is 29.1 Å². The lowest BCUT2D eigenvalue weighted by molar-refractivity contribution is -0.136. The molecular weight excluding hydrogens is 309 g/mol. The van der Waals surface area contributed by atoms with Gasteiger partial charge in [-0.25, -0.2) is 13.9 Å². The van der Waals surface area contributed by atoms with Crippen molar-refractivity contribution >= 4 is 11.6 Å². The Hall–Kier alpha value is -2.76. The van der Waals surface area contributed by atoms with Gasteiger partial charge in [-0.1, -0.05) is 12.1 Å². The predicted octanol–water partition coefficient (Wildman–Crippen LogP) is 3.48. The van der Waals surface area contributed by atoms with Crippen molar-refractivity contribution in [3.63, 3.8) is 0 Å². The minimum Gasteiger partial charge on any atom is -0.481 e. The molecule has 0 saturated heterocycles. The lowest BCUT2D eigenvalue weighted by Crippen LogP contribution is -2.08. The molecule has 0 saturated carbocycles. The zero-order chi connectivity index (χ0) is 17.4. The van der Waals surface area contributed by atoms with Gasteiger partial charge in [0.15, 0.2) is 5.65 Å². The molecule has 0 spiro atoms. The van der Waals surface area contributed by atoms with Crippen LogP contribution in [0.2, 0.25) is 0 Å². The number of aliphatic carboxylic acids is 1. The number of halogens is 1. The molecule has 3 rings (SSSR count). The predicted molar refractivity (Wildman–Crippen MR) is 88.5 cm³/mol. The van der Waals surface area contributed by atoms with Gasteiger partial charge in [-0.2, -0.15) is 5.10 Å². The summed E-state index contributed by atoms with van der Waals surface area (Å²) < 4.78 is 14.9. The lowest BCUT2D eigenvalue weighted by atomic mass is 10.0. The Bertz CT molecular complexity index is 930. The van der Waals surface area contributed by atoms with Gasteiger partial charge < -0.3 is 5.11 Å². The van der Waals surface area contributed by atoms with E-state index in [2.05, 4.69) is 10.1 Å². The molecule has 124 valence electrons. The monoisotopic (exact) mass is 327 g/mol. The topological polar surface area (TPSA) is 67.5 Å². The Morgan fingerprint density at radius 1 is 1.17 bits per heavy atom. The molecule has 0 fully saturated rings. The van der Waals surface area contributed by atoms with Crippen LogP contribution in [0.5, 0.6) is 0 Å². The molecule has 3 aromatic rings. The smallest absolute Gasteiger partial charge is 0.303 e. The Kier molecular flexibility index (Phi) is 4.05. The highest BCUT2D eigenvalue weighted by molar-refractivity contribution is 5.80. The van der Waals surface area contributed by atoms with Crippen molar-refractivity contribution < 1.29 is 14.3 Å². The molecule has 0 bridgehead atoms. The third kappa shape index (κ3) is 2.75. The average molecular weight is 327 g/mol. The minimum absolute atomic E-state index is 0.0555. The first-order chi connectivity index (χ1) is 11.4. The zero-order valence-electron chi connectivity index (χ0n) is 13.8. The van der Waals surface area contributed by atoms with E-state index in [-0.39, 0.29) is 12.2 Å². The van der Waals surface area contributed by atoms with Crippen LogP contribution < -0.4 is 0 Å². The van der Waals surface area contributed by atoms with Gasteiger partial charge in [-0.05, 0) is 50.5 Å². The number of carbonyl (C=O) groups is 1. The second kappa shape index (κ2) is 6.03. The van der Waals surface area contributed by atoms with Gasteiger partial charge in [0.05, 0.1) is 5.69 Å². The summed E-state index contributed by atoms with van der Waals surface area (Å²) in [6, 6.07) is 6.26. The molecule has 1 N–H and O–H groups in total. The van der Waals surface area contributed by atoms with E-state index in [1.54, 1.807) is 16.6 Å². The highest BCUT2D eigenvalue weighted by Crippen LogP contribution is 2.29. The number of hydrogen-bond donors (Lipinski definition) is 1. The summed E-state index contributed by atoms with van der Waals surface area (Å²) in [4.78, 5) is 15.5. The number of carboxylic acids is 1. The quantitative estimate of drug-likeness (QED) is 0.796. The summed E-state index contributed by atoms with van der Waals surface area (Å²) in [6.45, 7) is 5.68. The standard InChI is InChI=1S/C18H18FN3O2/c1-10-15(8-9-16(23)24)12(3)22-18(20-10)17(11(2)21-22)13-4-6-14(19)7-5-13/h4-7H,8-9H2,1-3H3,(H,23,24). The number of hydrogen-bond acceptors (Lipinski definition) is 3. The summed E-state index contributed by atoms with van der Waals surface area (Å²) in [6.07, 6.45) is 0.473. The van der Waals surface area contributed by atoms with Crippen LogP contribution in [-0.2, 0) is 11.2 Å². The van der Waals surface area contributed by atoms with Gasteiger partial charge in [0.2, 0.25) is 0 Å². The Balaban J connectivity index is 2.18. The van der Waals surface area contributed by atoms with E-state index in [1.165, 1.54) is 12.1 Å². The van der Waals surface area contributed by atoms with Crippen LogP contribution in [0.4, 0.5) is 4.39 Å². The number of carboxylic acid groups (broad SMARTS) is 1. The van der Waals surface area contributed by atoms with Crippen molar-refractivity contribution in [1.29, 1.82) is 0 Å². The number of aryl methyl sites for hydroxylation is 3. The first-order valence-electron chi connectivity index (χ1n) is 7.71. The first kappa shape index (κ1) is 16.1. The van der Waals surface area contributed by atoms with Crippen LogP contribution in [0.3, 0.4) is 0 Å². The normalized spacial score (nSPS) is 11.2. The molecule has 0 amide bonds. The fourth-order valence-corrected chi connectivity index (χ4v) is 3.02. The zero-order valence-corrected chi connectivity index (χ0v) is 13.8. The van der Waals surface area contributed by atoms with Gasteiger partial charge in [0, 0.05) is 23.4 Å². The summed E-state index contributed by atoms with van der Waals surface area (Å²) in [7, 11) is 0. The molecule has 24 heavy (non-hydrogen) atoms. The van der Waals surface area contributed by atoms with Crippen LogP contribution in [0.15, 0.2) is 24.3 Å². The fourth-order valence-electron chi connectivity index (χ4n) is 3.02. The fraction of sp³-hybridized carbons (Fsp3) is 0.278. The third-order valence-corrected chi connectivity index (χ3v) is 4.22. The highest BCUT2D eigenvalue weighted by Gasteiger charge is 2.18. The van der Waals surface area contributed by atoms with Crippen LogP contribution >= 0.6 is 0 Å². The lowest BCUT2D eigenvalue weighted by Gasteiger charge is -2.10. The summed E-state index contributed by atoms with van der Waals surface area (Å²) in [5.74, 6) is -1.12. The maximum absolute atomic E-state index is 13.2. The van der Waals surface area contributed by atoms with Gasteiger partial charge in [0.1, 0.15) is 5.82 Å². The van der Waals surface area contributed by atoms with E-state index in [0.717, 1.165) is 33.8 Å². The minimum atomic E-state index is -0.836. The second-order valence-corrected chi connectivity index (χ2v) is 5.86. The molecule has 0 aliphatic heterocycles. The maximum atomic E-state index is 13.2. The van der Waals surface area contributed by atoms with Gasteiger partial charge >= 0.3 is 5.97 Å². The molecule has 0 unspecified atom stereocenters. The van der Waals surface area contributed by atoms with Crippen molar-refractivity contribution in [2.75, 3.05) is 0 Å². The van der Waals surface area contributed by atoms with Crippen molar-refractivity contribution in [2.45, 2.75) is 33.6 Å². The SMILES string of the molecule is Cc1nc2c(-c3ccc(F)cc3)c(C)nn2c(C)c1CCC(=O)O. The van der Waals surface area contributed by atoms with E-state index in [4.69, 9.17) is 5.11 Å². The van der Waals surface area contributed by atoms with E-state index in [9.17, 15) is 9.18 Å². The van der Waals surface area contributed by atoms with Crippen LogP contribution in [-0.4, -0.2) is 25.7 Å². The molecule has 0 radical (unpaired) electrons. The number of aromatic nitrogens is 3. The highest BCUT2D eigenvalue weighted by atomic mass is 19.1. The molecule has 6 heteroatoms. The molecule has 5 nitrogen and oxygen atoms in total. The van der Waals surface area contributed by atoms with Crippen LogP contribution in [0.25, 0.3) is 16.8 Å². The van der Waals surface area contributed by atoms with Crippen molar-refractivity contribution in [2.24, 2.45) is 0 Å². The number of fused-ring (bicyclic) bond motifs is 1. The number of benzene rings is 1. The molecular formula is C18H18FN3O2. The molecule has 1 aromatic carbocycles.